The van der Waals surface area contributed by atoms with Gasteiger partial charge in [0.2, 0.25) is 5.13 Å². The molecule has 0 unspecified atom stereocenters. The van der Waals surface area contributed by atoms with Crippen molar-refractivity contribution in [2.75, 3.05) is 26.2 Å². The van der Waals surface area contributed by atoms with Crippen LogP contribution in [0, 0.1) is 0 Å². The number of ether oxygens (including phenoxy) is 1. The van der Waals surface area contributed by atoms with E-state index in [4.69, 9.17) is 4.74 Å². The van der Waals surface area contributed by atoms with Gasteiger partial charge in [-0.3, -0.25) is 4.79 Å². The molecule has 0 spiro atoms. The van der Waals surface area contributed by atoms with Gasteiger partial charge in [-0.05, 0) is 32.9 Å². The van der Waals surface area contributed by atoms with E-state index in [-0.39, 0.29) is 17.7 Å². The van der Waals surface area contributed by atoms with E-state index in [9.17, 15) is 9.59 Å². The number of nitrogens with zero attached hydrogens (tertiary/aromatic N) is 6. The first kappa shape index (κ1) is 19.3. The quantitative estimate of drug-likeness (QED) is 0.640. The van der Waals surface area contributed by atoms with Crippen molar-refractivity contribution < 1.29 is 14.3 Å². The zero-order valence-corrected chi connectivity index (χ0v) is 17.3. The Bertz CT molecular complexity index is 1010. The fraction of sp³-hybridized carbons (Fsp3) is 0.421. The van der Waals surface area contributed by atoms with E-state index in [0.29, 0.717) is 31.3 Å². The number of piperazine rings is 1. The predicted octanol–water partition coefficient (Wildman–Crippen LogP) is 2.57. The third kappa shape index (κ3) is 4.21. The van der Waals surface area contributed by atoms with E-state index >= 15 is 0 Å². The molecular weight excluding hydrogens is 392 g/mol. The zero-order chi connectivity index (χ0) is 20.6. The van der Waals surface area contributed by atoms with Gasteiger partial charge in [-0.1, -0.05) is 28.7 Å². The van der Waals surface area contributed by atoms with E-state index in [1.165, 1.54) is 16.0 Å². The number of amides is 2. The molecule has 1 aliphatic rings. The Morgan fingerprint density at radius 2 is 1.76 bits per heavy atom. The van der Waals surface area contributed by atoms with Crippen molar-refractivity contribution in [3.05, 3.63) is 36.2 Å². The molecule has 0 N–H and O–H groups in total. The highest BCUT2D eigenvalue weighted by Crippen LogP contribution is 2.24. The van der Waals surface area contributed by atoms with Crippen LogP contribution in [0.15, 0.2) is 30.5 Å². The van der Waals surface area contributed by atoms with E-state index in [1.807, 2.05) is 45.0 Å². The van der Waals surface area contributed by atoms with E-state index in [0.717, 1.165) is 10.2 Å². The summed E-state index contributed by atoms with van der Waals surface area (Å²) in [5.74, 6) is -0.207. The standard InChI is InChI=1S/C19H22N6O3S/c1-19(2,3)28-18(27)24-10-8-23(9-11-24)16(26)14-12-25(22-21-14)17-20-13-6-4-5-7-15(13)29-17/h4-7,12H,8-11H2,1-3H3. The molecule has 0 aliphatic carbocycles. The minimum Gasteiger partial charge on any atom is -0.444 e. The molecule has 2 amide bonds. The highest BCUT2D eigenvalue weighted by Gasteiger charge is 2.29. The van der Waals surface area contributed by atoms with E-state index < -0.39 is 5.60 Å². The highest BCUT2D eigenvalue weighted by atomic mass is 32.1. The first-order valence-electron chi connectivity index (χ1n) is 9.36. The number of hydrogen-bond acceptors (Lipinski definition) is 7. The second-order valence-electron chi connectivity index (χ2n) is 7.77. The molecule has 29 heavy (non-hydrogen) atoms. The monoisotopic (exact) mass is 414 g/mol. The largest absolute Gasteiger partial charge is 0.444 e. The molecule has 0 radical (unpaired) electrons. The minimum atomic E-state index is -0.539. The first-order valence-corrected chi connectivity index (χ1v) is 10.2. The number of carbonyl (C=O) groups is 2. The topological polar surface area (TPSA) is 93.5 Å². The summed E-state index contributed by atoms with van der Waals surface area (Å²) in [6.07, 6.45) is 1.24. The van der Waals surface area contributed by atoms with E-state index in [1.54, 1.807) is 16.0 Å². The number of rotatable bonds is 2. The summed E-state index contributed by atoms with van der Waals surface area (Å²) in [6.45, 7) is 7.19. The van der Waals surface area contributed by atoms with Crippen LogP contribution in [-0.2, 0) is 4.74 Å². The third-order valence-corrected chi connectivity index (χ3v) is 5.44. The summed E-state index contributed by atoms with van der Waals surface area (Å²) >= 11 is 1.49. The molecule has 3 aromatic rings. The maximum Gasteiger partial charge on any atom is 0.410 e. The number of aromatic nitrogens is 4. The van der Waals surface area contributed by atoms with Gasteiger partial charge < -0.3 is 14.5 Å². The van der Waals surface area contributed by atoms with Gasteiger partial charge in [0, 0.05) is 26.2 Å². The molecule has 0 saturated carbocycles. The van der Waals surface area contributed by atoms with Gasteiger partial charge in [0.15, 0.2) is 5.69 Å². The number of hydrogen-bond donors (Lipinski definition) is 0. The maximum absolute atomic E-state index is 12.8. The van der Waals surface area contributed by atoms with Gasteiger partial charge in [-0.15, -0.1) is 5.10 Å². The molecule has 4 rings (SSSR count). The molecule has 1 aliphatic heterocycles. The van der Waals surface area contributed by atoms with Gasteiger partial charge >= 0.3 is 6.09 Å². The average molecular weight is 414 g/mol. The Labute approximate surface area is 171 Å². The van der Waals surface area contributed by atoms with Crippen molar-refractivity contribution in [1.82, 2.24) is 29.8 Å². The van der Waals surface area contributed by atoms with Gasteiger partial charge in [-0.25, -0.2) is 9.78 Å². The maximum atomic E-state index is 12.8. The first-order chi connectivity index (χ1) is 13.8. The molecule has 2 aromatic heterocycles. The van der Waals surface area contributed by atoms with Crippen LogP contribution in [0.2, 0.25) is 0 Å². The van der Waals surface area contributed by atoms with Gasteiger partial charge in [0.25, 0.3) is 5.91 Å². The lowest BCUT2D eigenvalue weighted by molar-refractivity contribution is 0.0140. The lowest BCUT2D eigenvalue weighted by Crippen LogP contribution is -2.51. The Hall–Kier alpha value is -3.01. The average Bonchev–Trinajstić information content (AvgIpc) is 3.33. The Morgan fingerprint density at radius 3 is 2.45 bits per heavy atom. The number of thiazole rings is 1. The second-order valence-corrected chi connectivity index (χ2v) is 8.78. The summed E-state index contributed by atoms with van der Waals surface area (Å²) in [6, 6.07) is 7.81. The van der Waals surface area contributed by atoms with Crippen molar-refractivity contribution in [2.24, 2.45) is 0 Å². The lowest BCUT2D eigenvalue weighted by Gasteiger charge is -2.35. The van der Waals surface area contributed by atoms with Crippen LogP contribution in [0.3, 0.4) is 0 Å². The Balaban J connectivity index is 1.40. The minimum absolute atomic E-state index is 0.207. The molecule has 0 bridgehead atoms. The van der Waals surface area contributed by atoms with Crippen LogP contribution in [0.1, 0.15) is 31.3 Å². The summed E-state index contributed by atoms with van der Waals surface area (Å²) in [7, 11) is 0. The summed E-state index contributed by atoms with van der Waals surface area (Å²) < 4.78 is 7.96. The fourth-order valence-corrected chi connectivity index (χ4v) is 3.88. The second kappa shape index (κ2) is 7.43. The Morgan fingerprint density at radius 1 is 1.07 bits per heavy atom. The normalized spacial score (nSPS) is 15.0. The van der Waals surface area contributed by atoms with Crippen molar-refractivity contribution in [3.63, 3.8) is 0 Å². The number of benzene rings is 1. The molecule has 3 heterocycles. The summed E-state index contributed by atoms with van der Waals surface area (Å²) in [5.41, 5.74) is 0.604. The lowest BCUT2D eigenvalue weighted by atomic mass is 10.2. The van der Waals surface area contributed by atoms with Crippen molar-refractivity contribution in [2.45, 2.75) is 26.4 Å². The molecule has 1 saturated heterocycles. The summed E-state index contributed by atoms with van der Waals surface area (Å²) in [4.78, 5) is 32.8. The number of carbonyl (C=O) groups excluding carboxylic acids is 2. The van der Waals surface area contributed by atoms with Crippen LogP contribution in [-0.4, -0.2) is 73.6 Å². The fourth-order valence-electron chi connectivity index (χ4n) is 2.99. The van der Waals surface area contributed by atoms with Crippen LogP contribution in [0.25, 0.3) is 15.3 Å². The summed E-state index contributed by atoms with van der Waals surface area (Å²) in [5, 5.41) is 8.75. The van der Waals surface area contributed by atoms with Crippen LogP contribution in [0.4, 0.5) is 4.79 Å². The van der Waals surface area contributed by atoms with Crippen LogP contribution < -0.4 is 0 Å². The van der Waals surface area contributed by atoms with Crippen LogP contribution >= 0.6 is 11.3 Å². The Kier molecular flexibility index (Phi) is 4.95. The van der Waals surface area contributed by atoms with E-state index in [2.05, 4.69) is 15.3 Å². The molecule has 10 heteroatoms. The zero-order valence-electron chi connectivity index (χ0n) is 16.5. The number of fused-ring (bicyclic) bond motifs is 1. The SMILES string of the molecule is CC(C)(C)OC(=O)N1CCN(C(=O)c2cn(-c3nc4ccccc4s3)nn2)CC1. The predicted molar refractivity (Wildman–Crippen MR) is 108 cm³/mol. The van der Waals surface area contributed by atoms with Crippen molar-refractivity contribution in [1.29, 1.82) is 0 Å². The molecular formula is C19H22N6O3S. The van der Waals surface area contributed by atoms with Crippen LogP contribution in [0.5, 0.6) is 0 Å². The third-order valence-electron chi connectivity index (χ3n) is 4.41. The van der Waals surface area contributed by atoms with Crippen molar-refractivity contribution in [3.8, 4) is 5.13 Å². The van der Waals surface area contributed by atoms with Gasteiger partial charge in [-0.2, -0.15) is 4.68 Å². The molecule has 9 nitrogen and oxygen atoms in total. The van der Waals surface area contributed by atoms with Gasteiger partial charge in [0.1, 0.15) is 5.60 Å². The molecule has 0 atom stereocenters. The van der Waals surface area contributed by atoms with Crippen molar-refractivity contribution >= 4 is 33.6 Å². The molecule has 1 aromatic carbocycles. The molecule has 152 valence electrons. The molecule has 1 fully saturated rings. The number of para-hydroxylation sites is 1. The highest BCUT2D eigenvalue weighted by molar-refractivity contribution is 7.20. The smallest absolute Gasteiger partial charge is 0.410 e. The van der Waals surface area contributed by atoms with Gasteiger partial charge in [0.05, 0.1) is 16.4 Å².